The molecule has 0 spiro atoms. The Morgan fingerprint density at radius 3 is 2.44 bits per heavy atom. The van der Waals surface area contributed by atoms with Crippen molar-refractivity contribution in [1.82, 2.24) is 0 Å². The summed E-state index contributed by atoms with van der Waals surface area (Å²) < 4.78 is 5.13. The molecule has 2 rings (SSSR count). The van der Waals surface area contributed by atoms with Crippen LogP contribution in [-0.4, -0.2) is 14.2 Å². The van der Waals surface area contributed by atoms with Gasteiger partial charge in [-0.25, -0.2) is 0 Å². The first kappa shape index (κ1) is 12.3. The standard InChI is InChI=1S/C15H18N2O/c1-16-14-5-3-4-12(10-14)11-17-13-6-8-15(18-2)9-7-13/h3-10,16-17H,11H2,1-2H3. The van der Waals surface area contributed by atoms with Gasteiger partial charge in [-0.3, -0.25) is 0 Å². The number of hydrogen-bond acceptors (Lipinski definition) is 3. The van der Waals surface area contributed by atoms with E-state index in [1.54, 1.807) is 7.11 Å². The SMILES string of the molecule is CNc1cccc(CNc2ccc(OC)cc2)c1. The molecule has 0 aliphatic carbocycles. The van der Waals surface area contributed by atoms with Gasteiger partial charge in [-0.1, -0.05) is 12.1 Å². The van der Waals surface area contributed by atoms with Crippen LogP contribution >= 0.6 is 0 Å². The summed E-state index contributed by atoms with van der Waals surface area (Å²) in [6.07, 6.45) is 0. The minimum Gasteiger partial charge on any atom is -0.497 e. The van der Waals surface area contributed by atoms with Gasteiger partial charge < -0.3 is 15.4 Å². The van der Waals surface area contributed by atoms with Crippen LogP contribution < -0.4 is 15.4 Å². The molecular formula is C15H18N2O. The van der Waals surface area contributed by atoms with E-state index in [0.717, 1.165) is 23.7 Å². The molecule has 2 aromatic carbocycles. The van der Waals surface area contributed by atoms with Crippen LogP contribution in [0.25, 0.3) is 0 Å². The molecule has 2 aromatic rings. The van der Waals surface area contributed by atoms with Gasteiger partial charge in [0.2, 0.25) is 0 Å². The van der Waals surface area contributed by atoms with Crippen LogP contribution in [-0.2, 0) is 6.54 Å². The lowest BCUT2D eigenvalue weighted by Gasteiger charge is -2.08. The lowest BCUT2D eigenvalue weighted by Crippen LogP contribution is -2.00. The normalized spacial score (nSPS) is 9.89. The van der Waals surface area contributed by atoms with Crippen LogP contribution in [0.1, 0.15) is 5.56 Å². The molecule has 0 radical (unpaired) electrons. The Morgan fingerprint density at radius 2 is 1.78 bits per heavy atom. The third-order valence-corrected chi connectivity index (χ3v) is 2.80. The predicted molar refractivity (Wildman–Crippen MR) is 76.3 cm³/mol. The van der Waals surface area contributed by atoms with Gasteiger partial charge in [0.15, 0.2) is 0 Å². The zero-order valence-corrected chi connectivity index (χ0v) is 10.7. The fraction of sp³-hybridized carbons (Fsp3) is 0.200. The van der Waals surface area contributed by atoms with Gasteiger partial charge in [0.05, 0.1) is 7.11 Å². The number of ether oxygens (including phenoxy) is 1. The Morgan fingerprint density at radius 1 is 1.00 bits per heavy atom. The Hall–Kier alpha value is -2.16. The Labute approximate surface area is 108 Å². The van der Waals surface area contributed by atoms with E-state index in [1.165, 1.54) is 5.56 Å². The van der Waals surface area contributed by atoms with Gasteiger partial charge in [-0.2, -0.15) is 0 Å². The summed E-state index contributed by atoms with van der Waals surface area (Å²) in [5.74, 6) is 0.873. The highest BCUT2D eigenvalue weighted by atomic mass is 16.5. The van der Waals surface area contributed by atoms with Gasteiger partial charge in [-0.15, -0.1) is 0 Å². The van der Waals surface area contributed by atoms with E-state index in [0.29, 0.717) is 0 Å². The fourth-order valence-electron chi connectivity index (χ4n) is 1.75. The number of anilines is 2. The smallest absolute Gasteiger partial charge is 0.119 e. The van der Waals surface area contributed by atoms with E-state index < -0.39 is 0 Å². The molecular weight excluding hydrogens is 224 g/mol. The summed E-state index contributed by atoms with van der Waals surface area (Å²) in [5, 5.41) is 6.52. The van der Waals surface area contributed by atoms with Crippen LogP contribution in [0.3, 0.4) is 0 Å². The van der Waals surface area contributed by atoms with Crippen LogP contribution in [0.15, 0.2) is 48.5 Å². The van der Waals surface area contributed by atoms with Crippen molar-refractivity contribution in [3.05, 3.63) is 54.1 Å². The molecule has 0 saturated heterocycles. The molecule has 0 bridgehead atoms. The highest BCUT2D eigenvalue weighted by Crippen LogP contribution is 2.16. The van der Waals surface area contributed by atoms with Crippen molar-refractivity contribution in [2.24, 2.45) is 0 Å². The minimum atomic E-state index is 0.807. The van der Waals surface area contributed by atoms with Crippen molar-refractivity contribution in [1.29, 1.82) is 0 Å². The zero-order chi connectivity index (χ0) is 12.8. The molecule has 0 unspecified atom stereocenters. The average molecular weight is 242 g/mol. The third-order valence-electron chi connectivity index (χ3n) is 2.80. The van der Waals surface area contributed by atoms with Crippen LogP contribution in [0.4, 0.5) is 11.4 Å². The lowest BCUT2D eigenvalue weighted by molar-refractivity contribution is 0.415. The molecule has 18 heavy (non-hydrogen) atoms. The van der Waals surface area contributed by atoms with Crippen molar-refractivity contribution in [3.8, 4) is 5.75 Å². The fourth-order valence-corrected chi connectivity index (χ4v) is 1.75. The molecule has 2 N–H and O–H groups in total. The maximum atomic E-state index is 5.13. The first-order chi connectivity index (χ1) is 8.81. The number of nitrogens with one attached hydrogen (secondary N) is 2. The maximum absolute atomic E-state index is 5.13. The molecule has 0 saturated carbocycles. The third kappa shape index (κ3) is 3.17. The number of hydrogen-bond donors (Lipinski definition) is 2. The van der Waals surface area contributed by atoms with E-state index in [2.05, 4.69) is 34.9 Å². The van der Waals surface area contributed by atoms with E-state index in [1.807, 2.05) is 31.3 Å². The van der Waals surface area contributed by atoms with Crippen LogP contribution in [0.5, 0.6) is 5.75 Å². The van der Waals surface area contributed by atoms with Gasteiger partial charge >= 0.3 is 0 Å². The molecule has 3 nitrogen and oxygen atoms in total. The Balaban J connectivity index is 1.97. The molecule has 94 valence electrons. The van der Waals surface area contributed by atoms with Gasteiger partial charge in [0, 0.05) is 25.0 Å². The highest BCUT2D eigenvalue weighted by Gasteiger charge is 1.96. The van der Waals surface area contributed by atoms with Crippen molar-refractivity contribution >= 4 is 11.4 Å². The molecule has 3 heteroatoms. The largest absolute Gasteiger partial charge is 0.497 e. The average Bonchev–Trinajstić information content (AvgIpc) is 2.46. The maximum Gasteiger partial charge on any atom is 0.119 e. The van der Waals surface area contributed by atoms with E-state index in [4.69, 9.17) is 4.74 Å². The Bertz CT molecular complexity index is 494. The second-order valence-electron chi connectivity index (χ2n) is 4.03. The molecule has 0 fully saturated rings. The zero-order valence-electron chi connectivity index (χ0n) is 10.7. The molecule has 0 amide bonds. The van der Waals surface area contributed by atoms with E-state index in [9.17, 15) is 0 Å². The predicted octanol–water partition coefficient (Wildman–Crippen LogP) is 3.35. The van der Waals surface area contributed by atoms with Crippen molar-refractivity contribution in [2.45, 2.75) is 6.54 Å². The van der Waals surface area contributed by atoms with Gasteiger partial charge in [0.25, 0.3) is 0 Å². The number of benzene rings is 2. The molecule has 0 aliphatic rings. The van der Waals surface area contributed by atoms with Crippen LogP contribution in [0.2, 0.25) is 0 Å². The second-order valence-corrected chi connectivity index (χ2v) is 4.03. The Kier molecular flexibility index (Phi) is 4.07. The van der Waals surface area contributed by atoms with Gasteiger partial charge in [0.1, 0.15) is 5.75 Å². The lowest BCUT2D eigenvalue weighted by atomic mass is 10.2. The molecule has 0 aromatic heterocycles. The topological polar surface area (TPSA) is 33.3 Å². The summed E-state index contributed by atoms with van der Waals surface area (Å²) in [7, 11) is 3.60. The summed E-state index contributed by atoms with van der Waals surface area (Å²) in [4.78, 5) is 0. The summed E-state index contributed by atoms with van der Waals surface area (Å²) in [6.45, 7) is 0.807. The molecule has 0 heterocycles. The highest BCUT2D eigenvalue weighted by molar-refractivity contribution is 5.49. The van der Waals surface area contributed by atoms with Crippen molar-refractivity contribution in [2.75, 3.05) is 24.8 Å². The first-order valence-electron chi connectivity index (χ1n) is 5.96. The minimum absolute atomic E-state index is 0.807. The van der Waals surface area contributed by atoms with Crippen molar-refractivity contribution in [3.63, 3.8) is 0 Å². The van der Waals surface area contributed by atoms with Gasteiger partial charge in [-0.05, 0) is 42.0 Å². The molecule has 0 atom stereocenters. The van der Waals surface area contributed by atoms with E-state index >= 15 is 0 Å². The first-order valence-corrected chi connectivity index (χ1v) is 5.96. The summed E-state index contributed by atoms with van der Waals surface area (Å²) in [5.41, 5.74) is 3.47. The summed E-state index contributed by atoms with van der Waals surface area (Å²) in [6, 6.07) is 16.3. The number of methoxy groups -OCH3 is 1. The second kappa shape index (κ2) is 5.96. The molecule has 0 aliphatic heterocycles. The monoisotopic (exact) mass is 242 g/mol. The number of rotatable bonds is 5. The summed E-state index contributed by atoms with van der Waals surface area (Å²) >= 11 is 0. The van der Waals surface area contributed by atoms with Crippen molar-refractivity contribution < 1.29 is 4.74 Å². The van der Waals surface area contributed by atoms with E-state index in [-0.39, 0.29) is 0 Å². The quantitative estimate of drug-likeness (QED) is 0.843. The van der Waals surface area contributed by atoms with Crippen LogP contribution in [0, 0.1) is 0 Å².